The molecule has 2 aromatic rings. The summed E-state index contributed by atoms with van der Waals surface area (Å²) >= 11 is 0. The van der Waals surface area contributed by atoms with Crippen LogP contribution in [0.2, 0.25) is 0 Å². The number of fused-ring (bicyclic) bond motifs is 1. The van der Waals surface area contributed by atoms with Gasteiger partial charge in [-0.1, -0.05) is 12.1 Å². The van der Waals surface area contributed by atoms with Gasteiger partial charge in [-0.05, 0) is 25.1 Å². The third kappa shape index (κ3) is 2.22. The number of imide groups is 1. The van der Waals surface area contributed by atoms with Crippen molar-refractivity contribution in [3.8, 4) is 0 Å². The van der Waals surface area contributed by atoms with Crippen molar-refractivity contribution in [2.75, 3.05) is 5.32 Å². The van der Waals surface area contributed by atoms with Crippen LogP contribution in [0.4, 0.5) is 5.95 Å². The lowest BCUT2D eigenvalue weighted by Crippen LogP contribution is -2.45. The van der Waals surface area contributed by atoms with Crippen LogP contribution in [0, 0.1) is 0 Å². The fourth-order valence-corrected chi connectivity index (χ4v) is 2.26. The minimum atomic E-state index is -0.962. The van der Waals surface area contributed by atoms with Gasteiger partial charge in [-0.25, -0.2) is 9.97 Å². The largest absolute Gasteiger partial charge is 0.293 e. The van der Waals surface area contributed by atoms with Crippen molar-refractivity contribution in [3.63, 3.8) is 0 Å². The second-order valence-corrected chi connectivity index (χ2v) is 4.76. The van der Waals surface area contributed by atoms with Crippen LogP contribution in [0.15, 0.2) is 42.7 Å². The van der Waals surface area contributed by atoms with Crippen LogP contribution in [0.25, 0.3) is 0 Å². The summed E-state index contributed by atoms with van der Waals surface area (Å²) in [6.45, 7) is 1.49. The Bertz CT molecular complexity index is 725. The molecule has 0 saturated heterocycles. The Morgan fingerprint density at radius 1 is 1.05 bits per heavy atom. The van der Waals surface area contributed by atoms with Crippen molar-refractivity contribution in [1.82, 2.24) is 14.9 Å². The molecule has 1 aliphatic heterocycles. The summed E-state index contributed by atoms with van der Waals surface area (Å²) in [6, 6.07) is 7.15. The van der Waals surface area contributed by atoms with E-state index in [9.17, 15) is 14.4 Å². The maximum atomic E-state index is 12.3. The first kappa shape index (κ1) is 13.9. The van der Waals surface area contributed by atoms with Gasteiger partial charge >= 0.3 is 0 Å². The number of rotatable bonds is 3. The van der Waals surface area contributed by atoms with Crippen LogP contribution >= 0.6 is 0 Å². The quantitative estimate of drug-likeness (QED) is 0.856. The molecule has 1 atom stereocenters. The summed E-state index contributed by atoms with van der Waals surface area (Å²) in [6.07, 6.45) is 2.96. The summed E-state index contributed by atoms with van der Waals surface area (Å²) in [5.74, 6) is -1.36. The minimum absolute atomic E-state index is 0.121. The van der Waals surface area contributed by atoms with Crippen LogP contribution < -0.4 is 5.32 Å². The highest BCUT2D eigenvalue weighted by molar-refractivity contribution is 6.23. The Labute approximate surface area is 126 Å². The summed E-state index contributed by atoms with van der Waals surface area (Å²) < 4.78 is 0. The Kier molecular flexibility index (Phi) is 3.38. The molecule has 7 heteroatoms. The van der Waals surface area contributed by atoms with Crippen LogP contribution in [0.5, 0.6) is 0 Å². The molecule has 2 heterocycles. The van der Waals surface area contributed by atoms with E-state index in [2.05, 4.69) is 15.3 Å². The average molecular weight is 296 g/mol. The highest BCUT2D eigenvalue weighted by atomic mass is 16.2. The predicted molar refractivity (Wildman–Crippen MR) is 77.1 cm³/mol. The van der Waals surface area contributed by atoms with E-state index in [1.54, 1.807) is 30.3 Å². The monoisotopic (exact) mass is 296 g/mol. The van der Waals surface area contributed by atoms with Gasteiger partial charge in [0.05, 0.1) is 11.1 Å². The van der Waals surface area contributed by atoms with E-state index in [4.69, 9.17) is 0 Å². The molecule has 1 N–H and O–H groups in total. The number of carbonyl (C=O) groups is 3. The molecule has 1 aromatic carbocycles. The Morgan fingerprint density at radius 2 is 1.59 bits per heavy atom. The second-order valence-electron chi connectivity index (χ2n) is 4.76. The zero-order chi connectivity index (χ0) is 15.7. The van der Waals surface area contributed by atoms with Gasteiger partial charge in [0.1, 0.15) is 6.04 Å². The summed E-state index contributed by atoms with van der Waals surface area (Å²) in [5, 5.41) is 2.48. The van der Waals surface area contributed by atoms with Gasteiger partial charge in [-0.15, -0.1) is 0 Å². The van der Waals surface area contributed by atoms with Gasteiger partial charge in [0, 0.05) is 12.4 Å². The lowest BCUT2D eigenvalue weighted by molar-refractivity contribution is -0.119. The minimum Gasteiger partial charge on any atom is -0.293 e. The molecule has 7 nitrogen and oxygen atoms in total. The smallest absolute Gasteiger partial charge is 0.262 e. The molecule has 22 heavy (non-hydrogen) atoms. The molecule has 3 amide bonds. The summed E-state index contributed by atoms with van der Waals surface area (Å²) in [7, 11) is 0. The Morgan fingerprint density at radius 3 is 2.14 bits per heavy atom. The van der Waals surface area contributed by atoms with E-state index >= 15 is 0 Å². The molecule has 0 fully saturated rings. The van der Waals surface area contributed by atoms with Gasteiger partial charge in [-0.2, -0.15) is 0 Å². The second kappa shape index (κ2) is 5.36. The molecule has 0 radical (unpaired) electrons. The number of anilines is 1. The molecular formula is C15H12N4O3. The van der Waals surface area contributed by atoms with Crippen molar-refractivity contribution >= 4 is 23.7 Å². The Hall–Kier alpha value is -3.09. The van der Waals surface area contributed by atoms with Crippen molar-refractivity contribution in [3.05, 3.63) is 53.9 Å². The number of nitrogens with one attached hydrogen (secondary N) is 1. The third-order valence-electron chi connectivity index (χ3n) is 3.39. The van der Waals surface area contributed by atoms with Crippen LogP contribution in [-0.4, -0.2) is 38.6 Å². The highest BCUT2D eigenvalue weighted by Gasteiger charge is 2.40. The van der Waals surface area contributed by atoms with E-state index in [1.165, 1.54) is 19.3 Å². The van der Waals surface area contributed by atoms with Crippen molar-refractivity contribution in [2.24, 2.45) is 0 Å². The van der Waals surface area contributed by atoms with Crippen molar-refractivity contribution in [1.29, 1.82) is 0 Å². The third-order valence-corrected chi connectivity index (χ3v) is 3.39. The predicted octanol–water partition coefficient (Wildman–Crippen LogP) is 1.10. The van der Waals surface area contributed by atoms with Crippen LogP contribution in [0.3, 0.4) is 0 Å². The van der Waals surface area contributed by atoms with Crippen molar-refractivity contribution < 1.29 is 14.4 Å². The Balaban J connectivity index is 1.81. The van der Waals surface area contributed by atoms with Gasteiger partial charge in [0.15, 0.2) is 0 Å². The summed E-state index contributed by atoms with van der Waals surface area (Å²) in [5.41, 5.74) is 0.617. The lowest BCUT2D eigenvalue weighted by atomic mass is 10.1. The summed E-state index contributed by atoms with van der Waals surface area (Å²) in [4.78, 5) is 45.5. The van der Waals surface area contributed by atoms with Gasteiger partial charge in [0.25, 0.3) is 11.8 Å². The normalized spacial score (nSPS) is 14.7. The van der Waals surface area contributed by atoms with Crippen LogP contribution in [-0.2, 0) is 4.79 Å². The molecule has 0 spiro atoms. The first-order chi connectivity index (χ1) is 10.6. The van der Waals surface area contributed by atoms with Gasteiger partial charge in [-0.3, -0.25) is 24.6 Å². The maximum Gasteiger partial charge on any atom is 0.262 e. The number of aromatic nitrogens is 2. The van der Waals surface area contributed by atoms with Gasteiger partial charge in [0.2, 0.25) is 11.9 Å². The van der Waals surface area contributed by atoms with E-state index in [0.29, 0.717) is 11.1 Å². The standard InChI is InChI=1S/C15H12N4O3/c1-9(12(20)18-15-16-7-4-8-17-15)19-13(21)10-5-2-3-6-11(10)14(19)22/h2-9H,1H3,(H,16,17,18,20)/t9-/m1/s1. The molecule has 110 valence electrons. The lowest BCUT2D eigenvalue weighted by Gasteiger charge is -2.21. The van der Waals surface area contributed by atoms with Crippen molar-refractivity contribution in [2.45, 2.75) is 13.0 Å². The fourth-order valence-electron chi connectivity index (χ4n) is 2.26. The zero-order valence-electron chi connectivity index (χ0n) is 11.7. The fraction of sp³-hybridized carbons (Fsp3) is 0.133. The first-order valence-electron chi connectivity index (χ1n) is 6.64. The SMILES string of the molecule is C[C@H](C(=O)Nc1ncccn1)N1C(=O)c2ccccc2C1=O. The molecule has 0 aliphatic carbocycles. The van der Waals surface area contributed by atoms with E-state index in [0.717, 1.165) is 4.90 Å². The van der Waals surface area contributed by atoms with E-state index in [1.807, 2.05) is 0 Å². The maximum absolute atomic E-state index is 12.3. The number of carbonyl (C=O) groups excluding carboxylic acids is 3. The van der Waals surface area contributed by atoms with E-state index in [-0.39, 0.29) is 5.95 Å². The highest BCUT2D eigenvalue weighted by Crippen LogP contribution is 2.24. The number of benzene rings is 1. The molecule has 3 rings (SSSR count). The molecule has 0 saturated carbocycles. The zero-order valence-corrected chi connectivity index (χ0v) is 11.7. The first-order valence-corrected chi connectivity index (χ1v) is 6.64. The molecule has 1 aromatic heterocycles. The number of hydrogen-bond acceptors (Lipinski definition) is 5. The number of nitrogens with zero attached hydrogens (tertiary/aromatic N) is 3. The van der Waals surface area contributed by atoms with Crippen LogP contribution in [0.1, 0.15) is 27.6 Å². The molecule has 0 bridgehead atoms. The topological polar surface area (TPSA) is 92.3 Å². The molecular weight excluding hydrogens is 284 g/mol. The molecule has 1 aliphatic rings. The number of amides is 3. The molecule has 0 unspecified atom stereocenters. The van der Waals surface area contributed by atoms with E-state index < -0.39 is 23.8 Å². The van der Waals surface area contributed by atoms with Gasteiger partial charge < -0.3 is 0 Å². The number of hydrogen-bond donors (Lipinski definition) is 1. The average Bonchev–Trinajstić information content (AvgIpc) is 2.79.